The second kappa shape index (κ2) is 6.37. The lowest BCUT2D eigenvalue weighted by molar-refractivity contribution is -0.142. The van der Waals surface area contributed by atoms with E-state index >= 15 is 0 Å². The van der Waals surface area contributed by atoms with Crippen LogP contribution in [0.1, 0.15) is 45.4 Å². The highest BCUT2D eigenvalue weighted by Crippen LogP contribution is 2.27. The van der Waals surface area contributed by atoms with E-state index in [0.29, 0.717) is 0 Å². The number of amides is 2. The number of nitrogens with one attached hydrogen (secondary N) is 1. The number of hydrogen-bond donors (Lipinski definition) is 2. The second-order valence-corrected chi connectivity index (χ2v) is 5.86. The molecule has 1 aliphatic heterocycles. The number of carbonyl (C=O) groups excluding carboxylic acids is 2. The van der Waals surface area contributed by atoms with Crippen molar-refractivity contribution in [3.05, 3.63) is 0 Å². The molecule has 0 aromatic carbocycles. The minimum absolute atomic E-state index is 0.00583. The van der Waals surface area contributed by atoms with Gasteiger partial charge < -0.3 is 16.0 Å². The third-order valence-corrected chi connectivity index (χ3v) is 4.45. The zero-order chi connectivity index (χ0) is 13.8. The van der Waals surface area contributed by atoms with Crippen molar-refractivity contribution in [2.24, 2.45) is 11.7 Å². The van der Waals surface area contributed by atoms with E-state index in [-0.39, 0.29) is 30.5 Å². The predicted octanol–water partition coefficient (Wildman–Crippen LogP) is 0.631. The molecule has 19 heavy (non-hydrogen) atoms. The normalized spacial score (nSPS) is 28.3. The first-order valence-electron chi connectivity index (χ1n) is 7.41. The van der Waals surface area contributed by atoms with Gasteiger partial charge >= 0.3 is 0 Å². The summed E-state index contributed by atoms with van der Waals surface area (Å²) in [5.41, 5.74) is 5.31. The first-order chi connectivity index (χ1) is 9.09. The molecule has 3 N–H and O–H groups in total. The van der Waals surface area contributed by atoms with Gasteiger partial charge in [0.05, 0.1) is 12.5 Å². The summed E-state index contributed by atoms with van der Waals surface area (Å²) >= 11 is 0. The van der Waals surface area contributed by atoms with Crippen molar-refractivity contribution >= 4 is 11.8 Å². The maximum absolute atomic E-state index is 12.7. The third kappa shape index (κ3) is 3.47. The van der Waals surface area contributed by atoms with Crippen LogP contribution in [0.25, 0.3) is 0 Å². The summed E-state index contributed by atoms with van der Waals surface area (Å²) in [6, 6.07) is 0.409. The fourth-order valence-electron chi connectivity index (χ4n) is 3.37. The lowest BCUT2D eigenvalue weighted by atomic mass is 9.90. The minimum Gasteiger partial charge on any atom is -0.368 e. The molecule has 2 rings (SSSR count). The van der Waals surface area contributed by atoms with Crippen LogP contribution in [0, 0.1) is 5.92 Å². The minimum atomic E-state index is -0.406. The number of carbonyl (C=O) groups is 2. The lowest BCUT2D eigenvalue weighted by Gasteiger charge is -2.36. The second-order valence-electron chi connectivity index (χ2n) is 5.86. The molecule has 0 bridgehead atoms. The van der Waals surface area contributed by atoms with Gasteiger partial charge in [-0.05, 0) is 39.2 Å². The average Bonchev–Trinajstić information content (AvgIpc) is 2.89. The van der Waals surface area contributed by atoms with Gasteiger partial charge in [-0.15, -0.1) is 0 Å². The summed E-state index contributed by atoms with van der Waals surface area (Å²) in [5, 5.41) is 3.35. The van der Waals surface area contributed by atoms with Crippen molar-refractivity contribution in [2.75, 3.05) is 13.1 Å². The molecule has 1 aliphatic carbocycles. The first kappa shape index (κ1) is 14.3. The first-order valence-corrected chi connectivity index (χ1v) is 7.41. The molecular formula is C14H25N3O2. The molecule has 1 heterocycles. The summed E-state index contributed by atoms with van der Waals surface area (Å²) in [4.78, 5) is 25.7. The maximum Gasteiger partial charge on any atom is 0.237 e. The van der Waals surface area contributed by atoms with E-state index < -0.39 is 5.91 Å². The molecule has 2 atom stereocenters. The molecule has 1 saturated heterocycles. The molecule has 2 unspecified atom stereocenters. The van der Waals surface area contributed by atoms with Crippen LogP contribution in [0.2, 0.25) is 0 Å². The molecule has 5 nitrogen and oxygen atoms in total. The highest BCUT2D eigenvalue weighted by Gasteiger charge is 2.35. The molecule has 2 amide bonds. The van der Waals surface area contributed by atoms with Crippen LogP contribution in [0.4, 0.5) is 0 Å². The summed E-state index contributed by atoms with van der Waals surface area (Å²) in [6.45, 7) is 3.11. The van der Waals surface area contributed by atoms with Crippen molar-refractivity contribution < 1.29 is 9.59 Å². The van der Waals surface area contributed by atoms with E-state index in [2.05, 4.69) is 12.2 Å². The Morgan fingerprint density at radius 3 is 2.47 bits per heavy atom. The monoisotopic (exact) mass is 267 g/mol. The van der Waals surface area contributed by atoms with E-state index in [4.69, 9.17) is 5.73 Å². The number of hydrogen-bond acceptors (Lipinski definition) is 3. The van der Waals surface area contributed by atoms with Gasteiger partial charge in [-0.1, -0.05) is 12.8 Å². The molecule has 1 saturated carbocycles. The van der Waals surface area contributed by atoms with Gasteiger partial charge in [0.25, 0.3) is 0 Å². The standard InChI is InChI=1S/C14H25N3O2/c1-10-12(7-4-8-16-10)14(19)17(9-13(15)18)11-5-2-3-6-11/h10-12,16H,2-9H2,1H3,(H2,15,18). The molecule has 2 fully saturated rings. The number of primary amides is 1. The van der Waals surface area contributed by atoms with Crippen LogP contribution in [-0.2, 0) is 9.59 Å². The van der Waals surface area contributed by atoms with Crippen molar-refractivity contribution in [3.63, 3.8) is 0 Å². The van der Waals surface area contributed by atoms with Crippen molar-refractivity contribution in [3.8, 4) is 0 Å². The molecule has 5 heteroatoms. The maximum atomic E-state index is 12.7. The fraction of sp³-hybridized carbons (Fsp3) is 0.857. The number of piperidine rings is 1. The topological polar surface area (TPSA) is 75.4 Å². The molecule has 0 aromatic heterocycles. The van der Waals surface area contributed by atoms with E-state index in [1.807, 2.05) is 0 Å². The van der Waals surface area contributed by atoms with Crippen LogP contribution in [0.3, 0.4) is 0 Å². The van der Waals surface area contributed by atoms with Gasteiger partial charge in [-0.2, -0.15) is 0 Å². The molecule has 0 spiro atoms. The van der Waals surface area contributed by atoms with Crippen LogP contribution in [0.5, 0.6) is 0 Å². The fourth-order valence-corrected chi connectivity index (χ4v) is 3.37. The van der Waals surface area contributed by atoms with E-state index in [0.717, 1.165) is 45.1 Å². The number of nitrogens with two attached hydrogens (primary N) is 1. The molecule has 0 aromatic rings. The Hall–Kier alpha value is -1.10. The molecule has 0 radical (unpaired) electrons. The SMILES string of the molecule is CC1NCCCC1C(=O)N(CC(N)=O)C1CCCC1. The van der Waals surface area contributed by atoms with Gasteiger partial charge in [0.2, 0.25) is 11.8 Å². The molecule has 108 valence electrons. The van der Waals surface area contributed by atoms with Crippen LogP contribution in [0.15, 0.2) is 0 Å². The largest absolute Gasteiger partial charge is 0.368 e. The van der Waals surface area contributed by atoms with Gasteiger partial charge in [-0.25, -0.2) is 0 Å². The highest BCUT2D eigenvalue weighted by atomic mass is 16.2. The zero-order valence-corrected chi connectivity index (χ0v) is 11.7. The average molecular weight is 267 g/mol. The Balaban J connectivity index is 2.07. The van der Waals surface area contributed by atoms with Gasteiger partial charge in [0, 0.05) is 12.1 Å². The third-order valence-electron chi connectivity index (χ3n) is 4.45. The quantitative estimate of drug-likeness (QED) is 0.784. The summed E-state index contributed by atoms with van der Waals surface area (Å²) < 4.78 is 0. The van der Waals surface area contributed by atoms with Crippen LogP contribution < -0.4 is 11.1 Å². The lowest BCUT2D eigenvalue weighted by Crippen LogP contribution is -2.52. The summed E-state index contributed by atoms with van der Waals surface area (Å²) in [7, 11) is 0. The summed E-state index contributed by atoms with van der Waals surface area (Å²) in [5.74, 6) is -0.296. The Bertz CT molecular complexity index is 340. The summed E-state index contributed by atoms with van der Waals surface area (Å²) in [6.07, 6.45) is 6.24. The van der Waals surface area contributed by atoms with Crippen molar-refractivity contribution in [1.29, 1.82) is 0 Å². The van der Waals surface area contributed by atoms with Crippen LogP contribution in [-0.4, -0.2) is 41.9 Å². The molecule has 2 aliphatic rings. The Morgan fingerprint density at radius 2 is 1.89 bits per heavy atom. The van der Waals surface area contributed by atoms with Crippen molar-refractivity contribution in [2.45, 2.75) is 57.5 Å². The number of rotatable bonds is 4. The smallest absolute Gasteiger partial charge is 0.237 e. The van der Waals surface area contributed by atoms with E-state index in [9.17, 15) is 9.59 Å². The van der Waals surface area contributed by atoms with Gasteiger partial charge in [-0.3, -0.25) is 9.59 Å². The van der Waals surface area contributed by atoms with E-state index in [1.165, 1.54) is 0 Å². The van der Waals surface area contributed by atoms with E-state index in [1.54, 1.807) is 4.90 Å². The Labute approximate surface area is 114 Å². The highest BCUT2D eigenvalue weighted by molar-refractivity contribution is 5.85. The predicted molar refractivity (Wildman–Crippen MR) is 73.4 cm³/mol. The van der Waals surface area contributed by atoms with Crippen LogP contribution >= 0.6 is 0 Å². The molecular weight excluding hydrogens is 242 g/mol. The zero-order valence-electron chi connectivity index (χ0n) is 11.7. The van der Waals surface area contributed by atoms with Crippen molar-refractivity contribution in [1.82, 2.24) is 10.2 Å². The Morgan fingerprint density at radius 1 is 1.21 bits per heavy atom. The van der Waals surface area contributed by atoms with Gasteiger partial charge in [0.15, 0.2) is 0 Å². The Kier molecular flexibility index (Phi) is 4.80. The number of nitrogens with zero attached hydrogens (tertiary/aromatic N) is 1. The van der Waals surface area contributed by atoms with Gasteiger partial charge in [0.1, 0.15) is 0 Å².